The largest absolute Gasteiger partial charge is 0.377 e. The fourth-order valence-electron chi connectivity index (χ4n) is 4.94. The molecule has 4 heterocycles. The molecule has 0 radical (unpaired) electrons. The van der Waals surface area contributed by atoms with Gasteiger partial charge in [-0.3, -0.25) is 4.98 Å². The van der Waals surface area contributed by atoms with Crippen molar-refractivity contribution in [3.05, 3.63) is 71.2 Å². The molecule has 1 N–H and O–H groups in total. The maximum atomic E-state index is 5.33. The topological polar surface area (TPSA) is 76.1 Å². The van der Waals surface area contributed by atoms with Crippen LogP contribution in [0.3, 0.4) is 0 Å². The van der Waals surface area contributed by atoms with Crippen LogP contribution in [0.4, 0.5) is 11.5 Å². The monoisotopic (exact) mass is 454 g/mol. The Bertz CT molecular complexity index is 1370. The van der Waals surface area contributed by atoms with Gasteiger partial charge in [0.2, 0.25) is 0 Å². The number of likely N-dealkylation sites (N-methyl/N-ethyl adjacent to an activating group) is 1. The summed E-state index contributed by atoms with van der Waals surface area (Å²) in [6.07, 6.45) is 1.78. The maximum absolute atomic E-state index is 5.33. The fourth-order valence-corrected chi connectivity index (χ4v) is 4.94. The van der Waals surface area contributed by atoms with Crippen LogP contribution in [0.2, 0.25) is 0 Å². The molecule has 3 aromatic heterocycles. The smallest absolute Gasteiger partial charge is 0.165 e. The van der Waals surface area contributed by atoms with Crippen molar-refractivity contribution in [1.82, 2.24) is 24.8 Å². The Balaban J connectivity index is 1.57. The van der Waals surface area contributed by atoms with Crippen molar-refractivity contribution >= 4 is 22.5 Å². The Hall–Kier alpha value is -3.42. The van der Waals surface area contributed by atoms with Crippen LogP contribution in [0.25, 0.3) is 22.4 Å². The molecule has 1 aliphatic heterocycles. The summed E-state index contributed by atoms with van der Waals surface area (Å²) < 4.78 is 5.33. The lowest BCUT2D eigenvalue weighted by molar-refractivity contribution is 0.178. The summed E-state index contributed by atoms with van der Waals surface area (Å²) in [7, 11) is 3.82. The average molecular weight is 455 g/mol. The predicted octanol–water partition coefficient (Wildman–Crippen LogP) is 5.01. The molecule has 34 heavy (non-hydrogen) atoms. The van der Waals surface area contributed by atoms with E-state index >= 15 is 0 Å². The lowest BCUT2D eigenvalue weighted by atomic mass is 9.78. The molecule has 7 heteroatoms. The third kappa shape index (κ3) is 4.24. The number of fused-ring (bicyclic) bond motifs is 2. The van der Waals surface area contributed by atoms with E-state index in [-0.39, 0.29) is 5.41 Å². The van der Waals surface area contributed by atoms with Gasteiger partial charge in [-0.15, -0.1) is 0 Å². The van der Waals surface area contributed by atoms with Gasteiger partial charge in [0, 0.05) is 37.5 Å². The van der Waals surface area contributed by atoms with Crippen molar-refractivity contribution in [3.8, 4) is 11.4 Å². The zero-order chi connectivity index (χ0) is 23.9. The van der Waals surface area contributed by atoms with E-state index in [9.17, 15) is 0 Å². The molecule has 0 spiro atoms. The van der Waals surface area contributed by atoms with E-state index in [2.05, 4.69) is 59.3 Å². The van der Waals surface area contributed by atoms with E-state index in [1.165, 1.54) is 11.1 Å². The van der Waals surface area contributed by atoms with Gasteiger partial charge in [-0.25, -0.2) is 15.0 Å². The Morgan fingerprint density at radius 2 is 1.94 bits per heavy atom. The van der Waals surface area contributed by atoms with Gasteiger partial charge in [-0.1, -0.05) is 26.0 Å². The van der Waals surface area contributed by atoms with E-state index in [4.69, 9.17) is 14.7 Å². The normalized spacial score (nSPS) is 15.3. The highest BCUT2D eigenvalue weighted by Gasteiger charge is 2.30. The Morgan fingerprint density at radius 3 is 2.74 bits per heavy atom. The zero-order valence-corrected chi connectivity index (χ0v) is 20.4. The highest BCUT2D eigenvalue weighted by Crippen LogP contribution is 2.35. The van der Waals surface area contributed by atoms with E-state index < -0.39 is 0 Å². The number of methoxy groups -OCH3 is 1. The van der Waals surface area contributed by atoms with Crippen molar-refractivity contribution in [3.63, 3.8) is 0 Å². The predicted molar refractivity (Wildman–Crippen MR) is 135 cm³/mol. The summed E-state index contributed by atoms with van der Waals surface area (Å²) in [5.41, 5.74) is 7.19. The number of rotatable bonds is 5. The second-order valence-corrected chi connectivity index (χ2v) is 9.71. The molecule has 0 fully saturated rings. The van der Waals surface area contributed by atoms with Gasteiger partial charge < -0.3 is 15.0 Å². The van der Waals surface area contributed by atoms with Crippen molar-refractivity contribution in [1.29, 1.82) is 0 Å². The number of hydrogen-bond acceptors (Lipinski definition) is 7. The van der Waals surface area contributed by atoms with Crippen molar-refractivity contribution in [2.24, 2.45) is 0 Å². The molecule has 1 aromatic carbocycles. The first kappa shape index (κ1) is 22.4. The number of nitrogens with zero attached hydrogens (tertiary/aromatic N) is 5. The lowest BCUT2D eigenvalue weighted by Gasteiger charge is -2.38. The van der Waals surface area contributed by atoms with Gasteiger partial charge in [0.15, 0.2) is 11.5 Å². The summed E-state index contributed by atoms with van der Waals surface area (Å²) in [6, 6.07) is 14.6. The van der Waals surface area contributed by atoms with Crippen LogP contribution in [0.1, 0.15) is 36.4 Å². The molecule has 5 rings (SSSR count). The van der Waals surface area contributed by atoms with Crippen LogP contribution in [0.5, 0.6) is 0 Å². The minimum absolute atomic E-state index is 0.123. The van der Waals surface area contributed by atoms with Gasteiger partial charge in [-0.05, 0) is 61.0 Å². The first-order valence-electron chi connectivity index (χ1n) is 11.5. The third-order valence-electron chi connectivity index (χ3n) is 6.33. The van der Waals surface area contributed by atoms with E-state index in [0.29, 0.717) is 18.1 Å². The van der Waals surface area contributed by atoms with Crippen LogP contribution >= 0.6 is 0 Å². The number of benzene rings is 1. The Morgan fingerprint density at radius 1 is 1.09 bits per heavy atom. The summed E-state index contributed by atoms with van der Waals surface area (Å²) in [5.74, 6) is 1.30. The summed E-state index contributed by atoms with van der Waals surface area (Å²) in [5, 5.41) is 4.38. The van der Waals surface area contributed by atoms with Gasteiger partial charge >= 0.3 is 0 Å². The minimum atomic E-state index is 0.123. The number of hydrogen-bond donors (Lipinski definition) is 1. The number of anilines is 2. The molecular formula is C27H30N6O. The molecule has 0 saturated carbocycles. The highest BCUT2D eigenvalue weighted by atomic mass is 16.5. The molecule has 7 nitrogen and oxygen atoms in total. The molecule has 0 aliphatic carbocycles. The van der Waals surface area contributed by atoms with Crippen LogP contribution in [0.15, 0.2) is 48.7 Å². The molecule has 174 valence electrons. The quantitative estimate of drug-likeness (QED) is 0.454. The standard InChI is InChI=1S/C27H30N6O/c1-17-7-6-12-28-24(17)22-11-9-20-25(31-23(15-34-5)32-26(20)30-22)29-19-8-10-21-18(13-19)14-33(4)16-27(21,2)3/h6-13H,14-16H2,1-5H3,(H,29,30,31,32). The highest BCUT2D eigenvalue weighted by molar-refractivity contribution is 5.90. The van der Waals surface area contributed by atoms with Crippen molar-refractivity contribution in [2.45, 2.75) is 39.3 Å². The van der Waals surface area contributed by atoms with E-state index in [1.807, 2.05) is 31.2 Å². The first-order chi connectivity index (χ1) is 16.3. The molecule has 0 atom stereocenters. The molecule has 0 saturated heterocycles. The SMILES string of the molecule is COCc1nc(Nc2ccc3c(c2)CN(C)CC3(C)C)c2ccc(-c3ncccc3C)nc2n1. The van der Waals surface area contributed by atoms with Gasteiger partial charge in [0.25, 0.3) is 0 Å². The minimum Gasteiger partial charge on any atom is -0.377 e. The molecular weight excluding hydrogens is 424 g/mol. The van der Waals surface area contributed by atoms with E-state index in [1.54, 1.807) is 13.3 Å². The van der Waals surface area contributed by atoms with Crippen molar-refractivity contribution in [2.75, 3.05) is 26.0 Å². The summed E-state index contributed by atoms with van der Waals surface area (Å²) in [4.78, 5) is 21.1. The molecule has 0 bridgehead atoms. The maximum Gasteiger partial charge on any atom is 0.165 e. The van der Waals surface area contributed by atoms with Crippen LogP contribution in [-0.2, 0) is 23.3 Å². The van der Waals surface area contributed by atoms with Crippen LogP contribution in [-0.4, -0.2) is 45.5 Å². The second kappa shape index (κ2) is 8.74. The first-order valence-corrected chi connectivity index (χ1v) is 11.5. The Kier molecular flexibility index (Phi) is 5.75. The van der Waals surface area contributed by atoms with Crippen molar-refractivity contribution < 1.29 is 4.74 Å². The number of pyridine rings is 2. The summed E-state index contributed by atoms with van der Waals surface area (Å²) in [6.45, 7) is 8.93. The van der Waals surface area contributed by atoms with Gasteiger partial charge in [0.05, 0.1) is 16.8 Å². The number of aryl methyl sites for hydroxylation is 1. The molecule has 1 aliphatic rings. The number of ether oxygens (including phenoxy) is 1. The number of aromatic nitrogens is 4. The molecule has 0 unspecified atom stereocenters. The number of nitrogens with one attached hydrogen (secondary N) is 1. The van der Waals surface area contributed by atoms with Gasteiger partial charge in [0.1, 0.15) is 12.4 Å². The molecule has 4 aromatic rings. The lowest BCUT2D eigenvalue weighted by Crippen LogP contribution is -2.39. The Labute approximate surface area is 200 Å². The van der Waals surface area contributed by atoms with Crippen LogP contribution < -0.4 is 5.32 Å². The summed E-state index contributed by atoms with van der Waals surface area (Å²) >= 11 is 0. The average Bonchev–Trinajstić information content (AvgIpc) is 2.78. The second-order valence-electron chi connectivity index (χ2n) is 9.71. The van der Waals surface area contributed by atoms with E-state index in [0.717, 1.165) is 46.9 Å². The van der Waals surface area contributed by atoms with Gasteiger partial charge in [-0.2, -0.15) is 0 Å². The van der Waals surface area contributed by atoms with Crippen LogP contribution in [0, 0.1) is 6.92 Å². The fraction of sp³-hybridized carbons (Fsp3) is 0.333. The zero-order valence-electron chi connectivity index (χ0n) is 20.4. The third-order valence-corrected chi connectivity index (χ3v) is 6.33. The molecule has 0 amide bonds.